The van der Waals surface area contributed by atoms with Gasteiger partial charge in [-0.25, -0.2) is 9.97 Å². The smallest absolute Gasteiger partial charge is 0.314 e. The molecule has 5 nitrogen and oxygen atoms in total. The number of fused-ring (bicyclic) bond motifs is 1. The Hall–Kier alpha value is -1.43. The number of halogens is 1. The maximum atomic E-state index is 11.6. The van der Waals surface area contributed by atoms with Gasteiger partial charge >= 0.3 is 5.97 Å². The molecule has 2 aromatic heterocycles. The highest BCUT2D eigenvalue weighted by Gasteiger charge is 2.17. The van der Waals surface area contributed by atoms with E-state index in [1.54, 1.807) is 12.4 Å². The molecular weight excluding hydrogens is 298 g/mol. The quantitative estimate of drug-likeness (QED) is 0.866. The summed E-state index contributed by atoms with van der Waals surface area (Å²) in [6, 6.07) is 0. The van der Waals surface area contributed by atoms with Gasteiger partial charge in [0.25, 0.3) is 0 Å². The minimum absolute atomic E-state index is 0.0733. The number of carbonyl (C=O) groups is 1. The molecule has 96 valence electrons. The van der Waals surface area contributed by atoms with Crippen LogP contribution in [-0.2, 0) is 16.0 Å². The van der Waals surface area contributed by atoms with E-state index in [1.165, 1.54) is 0 Å². The molecule has 2 rings (SSSR count). The number of hydrogen-bond acceptors (Lipinski definition) is 4. The Labute approximate surface area is 113 Å². The first kappa shape index (κ1) is 13.0. The molecule has 0 aliphatic heterocycles. The lowest BCUT2D eigenvalue weighted by Gasteiger charge is -2.19. The van der Waals surface area contributed by atoms with Crippen LogP contribution in [0.4, 0.5) is 0 Å². The third kappa shape index (κ3) is 3.07. The molecule has 2 heterocycles. The molecule has 0 bridgehead atoms. The molecule has 0 aromatic carbocycles. The lowest BCUT2D eigenvalue weighted by Crippen LogP contribution is -2.25. The van der Waals surface area contributed by atoms with E-state index >= 15 is 0 Å². The van der Waals surface area contributed by atoms with Crippen LogP contribution in [0.25, 0.3) is 11.0 Å². The predicted molar refractivity (Wildman–Crippen MR) is 71.1 cm³/mol. The lowest BCUT2D eigenvalue weighted by molar-refractivity contribution is -0.154. The van der Waals surface area contributed by atoms with Crippen LogP contribution in [-0.4, -0.2) is 26.5 Å². The molecule has 0 spiro atoms. The number of aromatic amines is 1. The van der Waals surface area contributed by atoms with Crippen LogP contribution in [0.2, 0.25) is 0 Å². The largest absolute Gasteiger partial charge is 0.460 e. The SMILES string of the molecule is CC(C)(C)OC(=O)Cc1ncc2c(Br)c[nH]c2n1. The second-order valence-corrected chi connectivity index (χ2v) is 5.80. The molecule has 0 radical (unpaired) electrons. The molecule has 0 saturated heterocycles. The summed E-state index contributed by atoms with van der Waals surface area (Å²) in [4.78, 5) is 23.1. The van der Waals surface area contributed by atoms with Crippen molar-refractivity contribution in [3.8, 4) is 0 Å². The summed E-state index contributed by atoms with van der Waals surface area (Å²) in [5, 5.41) is 0.892. The first-order valence-corrected chi connectivity index (χ1v) is 6.35. The van der Waals surface area contributed by atoms with E-state index < -0.39 is 5.60 Å². The van der Waals surface area contributed by atoms with Gasteiger partial charge in [0, 0.05) is 16.9 Å². The number of esters is 1. The number of aromatic nitrogens is 3. The molecule has 0 atom stereocenters. The molecular formula is C12H14BrN3O2. The number of ether oxygens (including phenoxy) is 1. The van der Waals surface area contributed by atoms with Crippen molar-refractivity contribution < 1.29 is 9.53 Å². The summed E-state index contributed by atoms with van der Waals surface area (Å²) in [6.07, 6.45) is 3.54. The molecule has 0 amide bonds. The highest BCUT2D eigenvalue weighted by Crippen LogP contribution is 2.21. The van der Waals surface area contributed by atoms with Gasteiger partial charge in [0.15, 0.2) is 0 Å². The fraction of sp³-hybridized carbons (Fsp3) is 0.417. The van der Waals surface area contributed by atoms with Gasteiger partial charge in [0.05, 0.1) is 5.39 Å². The normalized spacial score (nSPS) is 11.8. The summed E-state index contributed by atoms with van der Waals surface area (Å²) in [5.41, 5.74) is 0.215. The van der Waals surface area contributed by atoms with Gasteiger partial charge in [0.2, 0.25) is 0 Å². The third-order valence-electron chi connectivity index (χ3n) is 2.15. The zero-order valence-corrected chi connectivity index (χ0v) is 12.0. The number of carbonyl (C=O) groups excluding carboxylic acids is 1. The Bertz CT molecular complexity index is 587. The first-order valence-electron chi connectivity index (χ1n) is 5.55. The summed E-state index contributed by atoms with van der Waals surface area (Å²) >= 11 is 3.38. The van der Waals surface area contributed by atoms with Crippen molar-refractivity contribution in [1.29, 1.82) is 0 Å². The Balaban J connectivity index is 2.15. The molecule has 0 unspecified atom stereocenters. The zero-order chi connectivity index (χ0) is 13.3. The zero-order valence-electron chi connectivity index (χ0n) is 10.5. The number of H-pyrrole nitrogens is 1. The van der Waals surface area contributed by atoms with E-state index in [4.69, 9.17) is 4.74 Å². The van der Waals surface area contributed by atoms with E-state index in [0.717, 1.165) is 9.86 Å². The fourth-order valence-corrected chi connectivity index (χ4v) is 1.91. The molecule has 18 heavy (non-hydrogen) atoms. The molecule has 0 saturated carbocycles. The average molecular weight is 312 g/mol. The van der Waals surface area contributed by atoms with Gasteiger partial charge in [0.1, 0.15) is 23.5 Å². The van der Waals surface area contributed by atoms with Crippen molar-refractivity contribution in [1.82, 2.24) is 15.0 Å². The highest BCUT2D eigenvalue weighted by molar-refractivity contribution is 9.10. The van der Waals surface area contributed by atoms with Crippen molar-refractivity contribution in [3.63, 3.8) is 0 Å². The summed E-state index contributed by atoms with van der Waals surface area (Å²) in [6.45, 7) is 5.49. The number of hydrogen-bond donors (Lipinski definition) is 1. The second kappa shape index (κ2) is 4.68. The number of nitrogens with one attached hydrogen (secondary N) is 1. The van der Waals surface area contributed by atoms with Gasteiger partial charge in [-0.2, -0.15) is 0 Å². The maximum absolute atomic E-state index is 11.6. The van der Waals surface area contributed by atoms with Gasteiger partial charge < -0.3 is 9.72 Å². The van der Waals surface area contributed by atoms with Gasteiger partial charge in [-0.1, -0.05) is 0 Å². The van der Waals surface area contributed by atoms with E-state index in [0.29, 0.717) is 11.5 Å². The number of nitrogens with zero attached hydrogens (tertiary/aromatic N) is 2. The van der Waals surface area contributed by atoms with Crippen LogP contribution < -0.4 is 0 Å². The second-order valence-electron chi connectivity index (χ2n) is 4.95. The minimum Gasteiger partial charge on any atom is -0.460 e. The standard InChI is InChI=1S/C12H14BrN3O2/c1-12(2,3)18-10(17)4-9-14-5-7-8(13)6-15-11(7)16-9/h5-6H,4H2,1-3H3,(H,14,15,16). The Morgan fingerprint density at radius 1 is 1.50 bits per heavy atom. The predicted octanol–water partition coefficient (Wildman–Crippen LogP) is 2.60. The topological polar surface area (TPSA) is 67.9 Å². The maximum Gasteiger partial charge on any atom is 0.314 e. The van der Waals surface area contributed by atoms with E-state index in [2.05, 4.69) is 30.9 Å². The summed E-state index contributed by atoms with van der Waals surface area (Å²) in [5.74, 6) is 0.124. The van der Waals surface area contributed by atoms with Crippen LogP contribution >= 0.6 is 15.9 Å². The van der Waals surface area contributed by atoms with Gasteiger partial charge in [-0.05, 0) is 36.7 Å². The van der Waals surface area contributed by atoms with Crippen LogP contribution in [0.5, 0.6) is 0 Å². The monoisotopic (exact) mass is 311 g/mol. The third-order valence-corrected chi connectivity index (χ3v) is 2.81. The van der Waals surface area contributed by atoms with Crippen LogP contribution in [0, 0.1) is 0 Å². The molecule has 1 N–H and O–H groups in total. The molecule has 0 aliphatic carbocycles. The van der Waals surface area contributed by atoms with Crippen molar-refractivity contribution >= 4 is 32.9 Å². The van der Waals surface area contributed by atoms with E-state index in [1.807, 2.05) is 20.8 Å². The highest BCUT2D eigenvalue weighted by atomic mass is 79.9. The van der Waals surface area contributed by atoms with Gasteiger partial charge in [-0.3, -0.25) is 4.79 Å². The Kier molecular flexibility index (Phi) is 3.38. The van der Waals surface area contributed by atoms with Crippen molar-refractivity contribution in [3.05, 3.63) is 22.7 Å². The molecule has 2 aromatic rings. The van der Waals surface area contributed by atoms with Crippen molar-refractivity contribution in [2.24, 2.45) is 0 Å². The van der Waals surface area contributed by atoms with Gasteiger partial charge in [-0.15, -0.1) is 0 Å². The number of rotatable bonds is 2. The fourth-order valence-electron chi connectivity index (χ4n) is 1.50. The molecule has 0 aliphatic rings. The Morgan fingerprint density at radius 3 is 2.89 bits per heavy atom. The average Bonchev–Trinajstić information content (AvgIpc) is 2.57. The summed E-state index contributed by atoms with van der Waals surface area (Å²) in [7, 11) is 0. The molecule has 0 fully saturated rings. The lowest BCUT2D eigenvalue weighted by atomic mass is 10.2. The van der Waals surface area contributed by atoms with Crippen LogP contribution in [0.1, 0.15) is 26.6 Å². The summed E-state index contributed by atoms with van der Waals surface area (Å²) < 4.78 is 6.12. The first-order chi connectivity index (χ1) is 8.35. The van der Waals surface area contributed by atoms with Crippen molar-refractivity contribution in [2.45, 2.75) is 32.8 Å². The Morgan fingerprint density at radius 2 is 2.22 bits per heavy atom. The van der Waals surface area contributed by atoms with Crippen LogP contribution in [0.15, 0.2) is 16.9 Å². The minimum atomic E-state index is -0.489. The molecule has 6 heteroatoms. The van der Waals surface area contributed by atoms with E-state index in [-0.39, 0.29) is 12.4 Å². The van der Waals surface area contributed by atoms with E-state index in [9.17, 15) is 4.79 Å². The van der Waals surface area contributed by atoms with Crippen molar-refractivity contribution in [2.75, 3.05) is 0 Å². The van der Waals surface area contributed by atoms with Crippen LogP contribution in [0.3, 0.4) is 0 Å².